The number of oxime groups is 1. The van der Waals surface area contributed by atoms with Gasteiger partial charge in [0, 0.05) is 6.54 Å². The van der Waals surface area contributed by atoms with Gasteiger partial charge in [0.15, 0.2) is 0 Å². The van der Waals surface area contributed by atoms with Gasteiger partial charge in [-0.05, 0) is 55.9 Å². The highest BCUT2D eigenvalue weighted by Crippen LogP contribution is 2.22. The van der Waals surface area contributed by atoms with Crippen molar-refractivity contribution in [2.75, 3.05) is 19.7 Å². The number of benzene rings is 1. The Morgan fingerprint density at radius 1 is 1.15 bits per heavy atom. The third-order valence-electron chi connectivity index (χ3n) is 4.65. The summed E-state index contributed by atoms with van der Waals surface area (Å²) in [6, 6.07) is 10.4. The first-order chi connectivity index (χ1) is 12.8. The normalized spacial score (nSPS) is 19.9. The first-order valence-electron chi connectivity index (χ1n) is 10.1. The van der Waals surface area contributed by atoms with Crippen molar-refractivity contribution in [3.8, 4) is 0 Å². The monoisotopic (exact) mass is 358 g/mol. The molecule has 0 aliphatic heterocycles. The second kappa shape index (κ2) is 12.7. The smallest absolute Gasteiger partial charge is 0.144 e. The lowest BCUT2D eigenvalue weighted by atomic mass is 9.93. The number of aliphatic hydroxyl groups excluding tert-OH is 1. The largest absolute Gasteiger partial charge is 0.393 e. The molecule has 0 aromatic heterocycles. The number of nitrogens with one attached hydrogen (secondary N) is 1. The average molecular weight is 359 g/mol. The molecule has 4 nitrogen and oxygen atoms in total. The Bertz CT molecular complexity index is 555. The van der Waals surface area contributed by atoms with Gasteiger partial charge < -0.3 is 15.3 Å². The highest BCUT2D eigenvalue weighted by atomic mass is 16.6. The van der Waals surface area contributed by atoms with Crippen LogP contribution in [-0.2, 0) is 4.84 Å². The molecule has 1 atom stereocenters. The molecule has 1 saturated carbocycles. The van der Waals surface area contributed by atoms with Crippen molar-refractivity contribution in [3.63, 3.8) is 0 Å². The summed E-state index contributed by atoms with van der Waals surface area (Å²) in [5.41, 5.74) is 3.52. The van der Waals surface area contributed by atoms with E-state index >= 15 is 0 Å². The van der Waals surface area contributed by atoms with E-state index in [0.717, 1.165) is 44.4 Å². The SMILES string of the molecule is CCCCNC[C@H](O)CO/N=C1\CCCCCC\C1=C/c1ccccc1. The Morgan fingerprint density at radius 2 is 1.92 bits per heavy atom. The van der Waals surface area contributed by atoms with Crippen LogP contribution in [0.2, 0.25) is 0 Å². The number of allylic oxidation sites excluding steroid dienone is 1. The summed E-state index contributed by atoms with van der Waals surface area (Å²) in [4.78, 5) is 5.51. The summed E-state index contributed by atoms with van der Waals surface area (Å²) in [5, 5.41) is 17.7. The molecule has 1 fully saturated rings. The topological polar surface area (TPSA) is 53.8 Å². The van der Waals surface area contributed by atoms with Gasteiger partial charge in [0.25, 0.3) is 0 Å². The summed E-state index contributed by atoms with van der Waals surface area (Å²) >= 11 is 0. The molecule has 2 N–H and O–H groups in total. The fraction of sp³-hybridized carbons (Fsp3) is 0.591. The molecule has 0 saturated heterocycles. The maximum absolute atomic E-state index is 10.0. The van der Waals surface area contributed by atoms with Crippen molar-refractivity contribution in [2.24, 2.45) is 5.16 Å². The minimum absolute atomic E-state index is 0.237. The molecule has 26 heavy (non-hydrogen) atoms. The van der Waals surface area contributed by atoms with Gasteiger partial charge in [0.2, 0.25) is 0 Å². The summed E-state index contributed by atoms with van der Waals surface area (Å²) < 4.78 is 0. The van der Waals surface area contributed by atoms with Crippen LogP contribution < -0.4 is 5.32 Å². The van der Waals surface area contributed by atoms with E-state index in [4.69, 9.17) is 4.84 Å². The molecule has 1 aliphatic rings. The van der Waals surface area contributed by atoms with E-state index < -0.39 is 6.10 Å². The first kappa shape index (κ1) is 20.7. The van der Waals surface area contributed by atoms with Gasteiger partial charge >= 0.3 is 0 Å². The quantitative estimate of drug-likeness (QED) is 0.503. The van der Waals surface area contributed by atoms with Crippen LogP contribution in [0.3, 0.4) is 0 Å². The lowest BCUT2D eigenvalue weighted by molar-refractivity contribution is 0.0401. The second-order valence-electron chi connectivity index (χ2n) is 7.04. The van der Waals surface area contributed by atoms with Crippen molar-refractivity contribution in [1.82, 2.24) is 5.32 Å². The number of unbranched alkanes of at least 4 members (excludes halogenated alkanes) is 1. The van der Waals surface area contributed by atoms with Crippen LogP contribution in [0.4, 0.5) is 0 Å². The lowest BCUT2D eigenvalue weighted by Gasteiger charge is -2.16. The molecule has 0 spiro atoms. The fourth-order valence-electron chi connectivity index (χ4n) is 3.11. The van der Waals surface area contributed by atoms with Crippen LogP contribution in [0.15, 0.2) is 41.1 Å². The maximum atomic E-state index is 10.0. The van der Waals surface area contributed by atoms with Crippen LogP contribution in [0.25, 0.3) is 6.08 Å². The molecule has 4 heteroatoms. The van der Waals surface area contributed by atoms with Gasteiger partial charge in [0.05, 0.1) is 5.71 Å². The Balaban J connectivity index is 1.93. The van der Waals surface area contributed by atoms with Gasteiger partial charge in [-0.1, -0.05) is 61.7 Å². The number of rotatable bonds is 9. The van der Waals surface area contributed by atoms with E-state index in [1.165, 1.54) is 30.4 Å². The summed E-state index contributed by atoms with van der Waals surface area (Å²) in [7, 11) is 0. The first-order valence-corrected chi connectivity index (χ1v) is 10.1. The predicted octanol–water partition coefficient (Wildman–Crippen LogP) is 4.55. The van der Waals surface area contributed by atoms with Crippen molar-refractivity contribution in [1.29, 1.82) is 0 Å². The molecule has 0 amide bonds. The highest BCUT2D eigenvalue weighted by Gasteiger charge is 2.12. The third kappa shape index (κ3) is 8.15. The van der Waals surface area contributed by atoms with Crippen LogP contribution in [0.1, 0.15) is 63.9 Å². The predicted molar refractivity (Wildman–Crippen MR) is 109 cm³/mol. The van der Waals surface area contributed by atoms with Gasteiger partial charge in [0.1, 0.15) is 12.7 Å². The molecule has 1 aromatic rings. The van der Waals surface area contributed by atoms with Gasteiger partial charge in [-0.25, -0.2) is 0 Å². The van der Waals surface area contributed by atoms with Crippen LogP contribution in [-0.4, -0.2) is 36.6 Å². The third-order valence-corrected chi connectivity index (χ3v) is 4.65. The van der Waals surface area contributed by atoms with E-state index in [-0.39, 0.29) is 6.61 Å². The Morgan fingerprint density at radius 3 is 2.69 bits per heavy atom. The number of hydrogen-bond donors (Lipinski definition) is 2. The Hall–Kier alpha value is -1.65. The zero-order valence-corrected chi connectivity index (χ0v) is 16.1. The minimum atomic E-state index is -0.522. The highest BCUT2D eigenvalue weighted by molar-refractivity contribution is 6.03. The molecule has 2 rings (SSSR count). The maximum Gasteiger partial charge on any atom is 0.144 e. The van der Waals surface area contributed by atoms with Crippen molar-refractivity contribution >= 4 is 11.8 Å². The van der Waals surface area contributed by atoms with Crippen molar-refractivity contribution < 1.29 is 9.94 Å². The number of hydrogen-bond acceptors (Lipinski definition) is 4. The van der Waals surface area contributed by atoms with Gasteiger partial charge in [-0.15, -0.1) is 0 Å². The molecule has 0 unspecified atom stereocenters. The Labute approximate surface area is 158 Å². The summed E-state index contributed by atoms with van der Waals surface area (Å²) in [6.07, 6.45) is 10.9. The van der Waals surface area contributed by atoms with Gasteiger partial charge in [-0.2, -0.15) is 0 Å². The Kier molecular flexibility index (Phi) is 10.1. The lowest BCUT2D eigenvalue weighted by Crippen LogP contribution is -2.30. The van der Waals surface area contributed by atoms with E-state index in [0.29, 0.717) is 6.54 Å². The van der Waals surface area contributed by atoms with Crippen LogP contribution in [0.5, 0.6) is 0 Å². The molecule has 0 bridgehead atoms. The van der Waals surface area contributed by atoms with E-state index in [2.05, 4.69) is 47.7 Å². The van der Waals surface area contributed by atoms with E-state index in [1.54, 1.807) is 0 Å². The van der Waals surface area contributed by atoms with E-state index in [9.17, 15) is 5.11 Å². The molecular weight excluding hydrogens is 324 g/mol. The summed E-state index contributed by atoms with van der Waals surface area (Å²) in [6.45, 7) is 3.89. The molecule has 144 valence electrons. The van der Waals surface area contributed by atoms with Crippen molar-refractivity contribution in [3.05, 3.63) is 41.5 Å². The fourth-order valence-corrected chi connectivity index (χ4v) is 3.11. The zero-order valence-electron chi connectivity index (χ0n) is 16.1. The van der Waals surface area contributed by atoms with Crippen LogP contribution in [0, 0.1) is 0 Å². The second-order valence-corrected chi connectivity index (χ2v) is 7.04. The zero-order chi connectivity index (χ0) is 18.5. The van der Waals surface area contributed by atoms with E-state index in [1.807, 2.05) is 6.07 Å². The van der Waals surface area contributed by atoms with Gasteiger partial charge in [-0.3, -0.25) is 0 Å². The summed E-state index contributed by atoms with van der Waals surface area (Å²) in [5.74, 6) is 0. The average Bonchev–Trinajstić information content (AvgIpc) is 2.64. The number of aliphatic hydroxyl groups is 1. The molecule has 0 radical (unpaired) electrons. The molecular formula is C22H34N2O2. The molecule has 1 aliphatic carbocycles. The molecule has 0 heterocycles. The standard InChI is InChI=1S/C22H34N2O2/c1-2-3-15-23-17-21(25)18-26-24-22-14-10-5-4-9-13-20(22)16-19-11-7-6-8-12-19/h6-8,11-12,16,21,23,25H,2-5,9-10,13-15,17-18H2,1H3/b20-16+,24-22+/t21-/m0/s1. The molecule has 1 aromatic carbocycles. The number of nitrogens with zero attached hydrogens (tertiary/aromatic N) is 1. The van der Waals surface area contributed by atoms with Crippen LogP contribution >= 0.6 is 0 Å². The minimum Gasteiger partial charge on any atom is -0.393 e. The van der Waals surface area contributed by atoms with Crippen molar-refractivity contribution in [2.45, 2.75) is 64.4 Å².